The Morgan fingerprint density at radius 3 is 2.93 bits per heavy atom. The molecule has 0 bridgehead atoms. The van der Waals surface area contributed by atoms with Crippen LogP contribution < -0.4 is 16.4 Å². The number of carbonyl (C=O) groups excluding carboxylic acids is 2. The average molecular weight is 405 g/mol. The van der Waals surface area contributed by atoms with Crippen LogP contribution in [0.15, 0.2) is 35.2 Å². The minimum atomic E-state index is -0.708. The maximum Gasteiger partial charge on any atom is 0.271 e. The van der Waals surface area contributed by atoms with Crippen molar-refractivity contribution in [3.8, 4) is 11.5 Å². The highest BCUT2D eigenvalue weighted by molar-refractivity contribution is 5.99. The molecule has 0 saturated carbocycles. The summed E-state index contributed by atoms with van der Waals surface area (Å²) in [6, 6.07) is 5.49. The average Bonchev–Trinajstić information content (AvgIpc) is 3.30. The van der Waals surface area contributed by atoms with Crippen molar-refractivity contribution in [3.05, 3.63) is 42.2 Å². The second kappa shape index (κ2) is 7.99. The molecule has 1 aliphatic heterocycles. The molecule has 0 radical (unpaired) electrons. The number of carbonyl (C=O) groups is 2. The fourth-order valence-electron chi connectivity index (χ4n) is 3.39. The van der Waals surface area contributed by atoms with Crippen LogP contribution in [0.25, 0.3) is 17.1 Å². The van der Waals surface area contributed by atoms with E-state index in [1.165, 1.54) is 17.0 Å². The van der Waals surface area contributed by atoms with E-state index < -0.39 is 5.91 Å². The van der Waals surface area contributed by atoms with Gasteiger partial charge in [0.1, 0.15) is 17.7 Å². The molecule has 2 atom stereocenters. The number of primary amides is 1. The van der Waals surface area contributed by atoms with Crippen LogP contribution in [-0.2, 0) is 0 Å². The zero-order chi connectivity index (χ0) is 19.0. The molecule has 28 heavy (non-hydrogen) atoms. The minimum absolute atomic E-state index is 0. The van der Waals surface area contributed by atoms with Crippen LogP contribution in [0, 0.1) is 0 Å². The van der Waals surface area contributed by atoms with Gasteiger partial charge in [-0.25, -0.2) is 9.97 Å². The van der Waals surface area contributed by atoms with Gasteiger partial charge < -0.3 is 20.8 Å². The molecule has 0 aromatic carbocycles. The smallest absolute Gasteiger partial charge is 0.271 e. The van der Waals surface area contributed by atoms with Crippen molar-refractivity contribution in [2.45, 2.75) is 31.8 Å². The molecule has 1 saturated heterocycles. The quantitative estimate of drug-likeness (QED) is 0.602. The summed E-state index contributed by atoms with van der Waals surface area (Å²) in [4.78, 5) is 33.1. The lowest BCUT2D eigenvalue weighted by Crippen LogP contribution is -2.46. The van der Waals surface area contributed by atoms with Gasteiger partial charge in [0, 0.05) is 12.1 Å². The van der Waals surface area contributed by atoms with Gasteiger partial charge in [-0.3, -0.25) is 14.0 Å². The Bertz CT molecular complexity index is 1000. The molecule has 1 aliphatic rings. The highest BCUT2D eigenvalue weighted by Crippen LogP contribution is 2.22. The van der Waals surface area contributed by atoms with Crippen molar-refractivity contribution in [1.82, 2.24) is 25.0 Å². The van der Waals surface area contributed by atoms with Crippen molar-refractivity contribution in [1.29, 1.82) is 0 Å². The van der Waals surface area contributed by atoms with Crippen LogP contribution in [-0.4, -0.2) is 44.8 Å². The topological polar surface area (TPSA) is 128 Å². The standard InChI is InChI=1S/C18H20N6O3.ClH/c1-10-7-11(4-5-20-10)22-18(26)13-8-12(14-3-2-6-27-14)23-17-15(16(19)25)21-9-24(13)17;/h2-3,6,8-11,20H,4-5,7H2,1H3,(H2,19,25)(H,22,26);1H. The summed E-state index contributed by atoms with van der Waals surface area (Å²) in [5, 5.41) is 6.42. The van der Waals surface area contributed by atoms with E-state index in [4.69, 9.17) is 10.2 Å². The molecule has 4 heterocycles. The number of fused-ring (bicyclic) bond motifs is 1. The number of imidazole rings is 1. The molecular formula is C18H21ClN6O3. The fourth-order valence-corrected chi connectivity index (χ4v) is 3.39. The molecule has 0 spiro atoms. The van der Waals surface area contributed by atoms with E-state index in [1.54, 1.807) is 18.2 Å². The van der Waals surface area contributed by atoms with Gasteiger partial charge in [-0.05, 0) is 44.5 Å². The number of amides is 2. The molecule has 3 aromatic heterocycles. The number of halogens is 1. The second-order valence-corrected chi connectivity index (χ2v) is 6.70. The third kappa shape index (κ3) is 3.71. The van der Waals surface area contributed by atoms with Crippen LogP contribution in [0.4, 0.5) is 0 Å². The van der Waals surface area contributed by atoms with Crippen LogP contribution in [0.5, 0.6) is 0 Å². The summed E-state index contributed by atoms with van der Waals surface area (Å²) in [7, 11) is 0. The predicted molar refractivity (Wildman–Crippen MR) is 104 cm³/mol. The van der Waals surface area contributed by atoms with Crippen molar-refractivity contribution >= 4 is 29.9 Å². The summed E-state index contributed by atoms with van der Waals surface area (Å²) in [6.45, 7) is 2.94. The highest BCUT2D eigenvalue weighted by atomic mass is 35.5. The molecular weight excluding hydrogens is 384 g/mol. The summed E-state index contributed by atoms with van der Waals surface area (Å²) in [6.07, 6.45) is 4.60. The molecule has 148 valence electrons. The Balaban J connectivity index is 0.00000225. The number of nitrogens with two attached hydrogens (primary N) is 1. The molecule has 4 N–H and O–H groups in total. The Labute approximate surface area is 167 Å². The van der Waals surface area contributed by atoms with Gasteiger partial charge in [0.15, 0.2) is 17.1 Å². The van der Waals surface area contributed by atoms with E-state index in [9.17, 15) is 9.59 Å². The van der Waals surface area contributed by atoms with E-state index >= 15 is 0 Å². The molecule has 9 nitrogen and oxygen atoms in total. The number of aromatic nitrogens is 3. The number of hydrogen-bond acceptors (Lipinski definition) is 6. The third-order valence-corrected chi connectivity index (χ3v) is 4.70. The van der Waals surface area contributed by atoms with Gasteiger partial charge in [-0.1, -0.05) is 0 Å². The van der Waals surface area contributed by atoms with Crippen LogP contribution >= 0.6 is 12.4 Å². The van der Waals surface area contributed by atoms with Gasteiger partial charge in [0.25, 0.3) is 11.8 Å². The van der Waals surface area contributed by atoms with Crippen LogP contribution in [0.3, 0.4) is 0 Å². The number of nitrogens with zero attached hydrogens (tertiary/aromatic N) is 3. The van der Waals surface area contributed by atoms with E-state index in [1.807, 2.05) is 0 Å². The first-order valence-electron chi connectivity index (χ1n) is 8.79. The molecule has 2 amide bonds. The zero-order valence-electron chi connectivity index (χ0n) is 15.2. The summed E-state index contributed by atoms with van der Waals surface area (Å²) in [5.74, 6) is -0.485. The monoisotopic (exact) mass is 404 g/mol. The first-order chi connectivity index (χ1) is 13.0. The van der Waals surface area contributed by atoms with Gasteiger partial charge in [0.2, 0.25) is 0 Å². The molecule has 4 rings (SSSR count). The van der Waals surface area contributed by atoms with E-state index in [-0.39, 0.29) is 35.7 Å². The number of nitrogens with one attached hydrogen (secondary N) is 2. The van der Waals surface area contributed by atoms with Crippen molar-refractivity contribution in [2.75, 3.05) is 6.54 Å². The number of hydrogen-bond donors (Lipinski definition) is 3. The highest BCUT2D eigenvalue weighted by Gasteiger charge is 2.24. The maximum atomic E-state index is 13.0. The molecule has 2 unspecified atom stereocenters. The molecule has 0 aliphatic carbocycles. The van der Waals surface area contributed by atoms with Gasteiger partial charge >= 0.3 is 0 Å². The molecule has 1 fully saturated rings. The Hall–Kier alpha value is -2.91. The summed E-state index contributed by atoms with van der Waals surface area (Å²) >= 11 is 0. The second-order valence-electron chi connectivity index (χ2n) is 6.70. The zero-order valence-corrected chi connectivity index (χ0v) is 16.0. The Kier molecular flexibility index (Phi) is 5.66. The first-order valence-corrected chi connectivity index (χ1v) is 8.79. The SMILES string of the molecule is CC1CC(NC(=O)c2cc(-c3ccco3)nc3c(C(N)=O)ncn23)CCN1.Cl. The normalized spacial score (nSPS) is 19.2. The lowest BCUT2D eigenvalue weighted by atomic mass is 10.0. The van der Waals surface area contributed by atoms with E-state index in [0.29, 0.717) is 23.2 Å². The summed E-state index contributed by atoms with van der Waals surface area (Å²) < 4.78 is 6.87. The lowest BCUT2D eigenvalue weighted by molar-refractivity contribution is 0.0918. The Morgan fingerprint density at radius 1 is 1.43 bits per heavy atom. The molecule has 10 heteroatoms. The Morgan fingerprint density at radius 2 is 2.25 bits per heavy atom. The van der Waals surface area contributed by atoms with E-state index in [2.05, 4.69) is 27.5 Å². The van der Waals surface area contributed by atoms with Crippen molar-refractivity contribution < 1.29 is 14.0 Å². The van der Waals surface area contributed by atoms with Gasteiger partial charge in [-0.2, -0.15) is 0 Å². The minimum Gasteiger partial charge on any atom is -0.463 e. The van der Waals surface area contributed by atoms with Gasteiger partial charge in [-0.15, -0.1) is 12.4 Å². The number of rotatable bonds is 4. The van der Waals surface area contributed by atoms with Crippen molar-refractivity contribution in [2.24, 2.45) is 5.73 Å². The van der Waals surface area contributed by atoms with E-state index in [0.717, 1.165) is 19.4 Å². The first kappa shape index (κ1) is 19.8. The van der Waals surface area contributed by atoms with Crippen LogP contribution in [0.1, 0.15) is 40.7 Å². The third-order valence-electron chi connectivity index (χ3n) is 4.70. The largest absolute Gasteiger partial charge is 0.463 e. The van der Waals surface area contributed by atoms with Gasteiger partial charge in [0.05, 0.1) is 6.26 Å². The lowest BCUT2D eigenvalue weighted by Gasteiger charge is -2.28. The molecule has 3 aromatic rings. The predicted octanol–water partition coefficient (Wildman–Crippen LogP) is 1.38. The fraction of sp³-hybridized carbons (Fsp3) is 0.333. The van der Waals surface area contributed by atoms with Crippen LogP contribution in [0.2, 0.25) is 0 Å². The van der Waals surface area contributed by atoms with Crippen molar-refractivity contribution in [3.63, 3.8) is 0 Å². The number of piperidine rings is 1. The number of furan rings is 1. The summed E-state index contributed by atoms with van der Waals surface area (Å²) in [5.41, 5.74) is 6.38. The maximum absolute atomic E-state index is 13.0.